The molecule has 4 heteroatoms. The van der Waals surface area contributed by atoms with Crippen molar-refractivity contribution >= 4 is 28.5 Å². The molecule has 1 saturated heterocycles. The van der Waals surface area contributed by atoms with E-state index in [4.69, 9.17) is 4.74 Å². The maximum atomic E-state index is 11.5. The van der Waals surface area contributed by atoms with Crippen molar-refractivity contribution in [3.8, 4) is 0 Å². The van der Waals surface area contributed by atoms with Gasteiger partial charge in [-0.05, 0) is 22.6 Å². The van der Waals surface area contributed by atoms with Gasteiger partial charge in [-0.3, -0.25) is 4.79 Å². The molecular weight excluding hydrogens is 269 g/mol. The van der Waals surface area contributed by atoms with E-state index in [2.05, 4.69) is 22.6 Å². The number of hydrogen-bond acceptors (Lipinski definition) is 2. The van der Waals surface area contributed by atoms with Crippen molar-refractivity contribution in [3.05, 3.63) is 0 Å². The summed E-state index contributed by atoms with van der Waals surface area (Å²) in [7, 11) is 0. The first-order valence-corrected chi connectivity index (χ1v) is 5.40. The predicted octanol–water partition coefficient (Wildman–Crippen LogP) is 1.26. The van der Waals surface area contributed by atoms with Gasteiger partial charge in [-0.15, -0.1) is 0 Å². The van der Waals surface area contributed by atoms with Crippen LogP contribution in [0.2, 0.25) is 0 Å². The van der Waals surface area contributed by atoms with Crippen LogP contribution < -0.4 is 0 Å². The van der Waals surface area contributed by atoms with Crippen molar-refractivity contribution in [2.45, 2.75) is 18.0 Å². The molecule has 0 spiro atoms. The van der Waals surface area contributed by atoms with Crippen molar-refractivity contribution in [1.29, 1.82) is 0 Å². The van der Waals surface area contributed by atoms with Crippen LogP contribution in [0.3, 0.4) is 0 Å². The fraction of sp³-hybridized carbons (Fsp3) is 0.875. The van der Waals surface area contributed by atoms with Gasteiger partial charge in [0.2, 0.25) is 5.91 Å². The number of hydrogen-bond donors (Lipinski definition) is 0. The van der Waals surface area contributed by atoms with E-state index in [1.165, 1.54) is 0 Å². The average molecular weight is 283 g/mol. The second-order valence-electron chi connectivity index (χ2n) is 3.22. The minimum absolute atomic E-state index is 0.103. The van der Waals surface area contributed by atoms with Crippen molar-refractivity contribution in [2.75, 3.05) is 19.7 Å². The van der Waals surface area contributed by atoms with Gasteiger partial charge >= 0.3 is 0 Å². The SMILES string of the molecule is CC(C)C(=O)N1CCO[C@H](I)C1. The molecule has 12 heavy (non-hydrogen) atoms. The zero-order valence-electron chi connectivity index (χ0n) is 7.42. The maximum absolute atomic E-state index is 11.5. The van der Waals surface area contributed by atoms with Crippen molar-refractivity contribution in [1.82, 2.24) is 4.90 Å². The summed E-state index contributed by atoms with van der Waals surface area (Å²) in [5.41, 5.74) is 0. The molecule has 1 atom stereocenters. The molecule has 1 aliphatic heterocycles. The lowest BCUT2D eigenvalue weighted by Crippen LogP contribution is -2.45. The second kappa shape index (κ2) is 4.41. The van der Waals surface area contributed by atoms with E-state index in [1.54, 1.807) is 0 Å². The molecule has 1 amide bonds. The van der Waals surface area contributed by atoms with E-state index in [1.807, 2.05) is 18.7 Å². The number of halogens is 1. The van der Waals surface area contributed by atoms with Crippen LogP contribution in [0.1, 0.15) is 13.8 Å². The fourth-order valence-corrected chi connectivity index (χ4v) is 1.90. The molecule has 1 rings (SSSR count). The van der Waals surface area contributed by atoms with Gasteiger partial charge < -0.3 is 9.64 Å². The van der Waals surface area contributed by atoms with Gasteiger partial charge in [0.15, 0.2) is 0 Å². The number of amides is 1. The van der Waals surface area contributed by atoms with Crippen LogP contribution in [0.15, 0.2) is 0 Å². The summed E-state index contributed by atoms with van der Waals surface area (Å²) in [6, 6.07) is 0. The smallest absolute Gasteiger partial charge is 0.225 e. The Labute approximate surface area is 86.6 Å². The lowest BCUT2D eigenvalue weighted by molar-refractivity contribution is -0.138. The van der Waals surface area contributed by atoms with Crippen LogP contribution in [0.25, 0.3) is 0 Å². The third-order valence-corrected chi connectivity index (χ3v) is 2.58. The van der Waals surface area contributed by atoms with Crippen LogP contribution in [0.4, 0.5) is 0 Å². The van der Waals surface area contributed by atoms with Crippen molar-refractivity contribution in [2.24, 2.45) is 5.92 Å². The Morgan fingerprint density at radius 2 is 2.33 bits per heavy atom. The molecule has 1 fully saturated rings. The normalized spacial score (nSPS) is 24.7. The Bertz CT molecular complexity index is 172. The molecule has 1 aliphatic rings. The number of morpholine rings is 1. The predicted molar refractivity (Wildman–Crippen MR) is 55.2 cm³/mol. The van der Waals surface area contributed by atoms with Crippen LogP contribution in [0.5, 0.6) is 0 Å². The fourth-order valence-electron chi connectivity index (χ4n) is 1.17. The number of carbonyl (C=O) groups excluding carboxylic acids is 1. The Kier molecular flexibility index (Phi) is 3.77. The number of alkyl halides is 1. The van der Waals surface area contributed by atoms with Crippen molar-refractivity contribution < 1.29 is 9.53 Å². The monoisotopic (exact) mass is 283 g/mol. The van der Waals surface area contributed by atoms with Gasteiger partial charge in [0, 0.05) is 12.5 Å². The Balaban J connectivity index is 2.46. The van der Waals surface area contributed by atoms with Gasteiger partial charge in [-0.25, -0.2) is 0 Å². The Morgan fingerprint density at radius 1 is 1.67 bits per heavy atom. The van der Waals surface area contributed by atoms with E-state index in [0.717, 1.165) is 13.1 Å². The lowest BCUT2D eigenvalue weighted by Gasteiger charge is -2.31. The number of ether oxygens (including phenoxy) is 1. The van der Waals surface area contributed by atoms with Crippen LogP contribution in [0, 0.1) is 5.92 Å². The minimum Gasteiger partial charge on any atom is -0.364 e. The maximum Gasteiger partial charge on any atom is 0.225 e. The second-order valence-corrected chi connectivity index (χ2v) is 4.61. The molecule has 70 valence electrons. The topological polar surface area (TPSA) is 29.5 Å². The molecule has 0 aromatic rings. The summed E-state index contributed by atoms with van der Waals surface area (Å²) in [6.45, 7) is 6.01. The molecule has 0 aromatic heterocycles. The van der Waals surface area contributed by atoms with Crippen LogP contribution >= 0.6 is 22.6 Å². The molecule has 3 nitrogen and oxygen atoms in total. The van der Waals surface area contributed by atoms with Gasteiger partial charge in [-0.2, -0.15) is 0 Å². The molecule has 1 heterocycles. The first-order valence-electron chi connectivity index (χ1n) is 4.15. The van der Waals surface area contributed by atoms with Gasteiger partial charge in [-0.1, -0.05) is 13.8 Å². The van der Waals surface area contributed by atoms with E-state index in [-0.39, 0.29) is 15.9 Å². The summed E-state index contributed by atoms with van der Waals surface area (Å²) in [4.78, 5) is 13.4. The highest BCUT2D eigenvalue weighted by Gasteiger charge is 2.23. The molecule has 0 aliphatic carbocycles. The summed E-state index contributed by atoms with van der Waals surface area (Å²) in [6.07, 6.45) is 0. The number of carbonyl (C=O) groups is 1. The quantitative estimate of drug-likeness (QED) is 0.535. The highest BCUT2D eigenvalue weighted by atomic mass is 127. The third kappa shape index (κ3) is 2.58. The van der Waals surface area contributed by atoms with Crippen LogP contribution in [-0.4, -0.2) is 34.6 Å². The van der Waals surface area contributed by atoms with E-state index >= 15 is 0 Å². The van der Waals surface area contributed by atoms with Crippen molar-refractivity contribution in [3.63, 3.8) is 0 Å². The molecular formula is C8H14INO2. The highest BCUT2D eigenvalue weighted by Crippen LogP contribution is 2.13. The summed E-state index contributed by atoms with van der Waals surface area (Å²) < 4.78 is 5.50. The molecule has 0 unspecified atom stereocenters. The van der Waals surface area contributed by atoms with Gasteiger partial charge in [0.05, 0.1) is 13.2 Å². The molecule has 0 N–H and O–H groups in total. The zero-order chi connectivity index (χ0) is 9.14. The number of rotatable bonds is 1. The number of nitrogens with zero attached hydrogens (tertiary/aromatic N) is 1. The van der Waals surface area contributed by atoms with E-state index in [9.17, 15) is 4.79 Å². The molecule has 0 aromatic carbocycles. The molecule has 0 bridgehead atoms. The largest absolute Gasteiger partial charge is 0.364 e. The lowest BCUT2D eigenvalue weighted by atomic mass is 10.2. The zero-order valence-corrected chi connectivity index (χ0v) is 9.58. The minimum atomic E-state index is 0.103. The summed E-state index contributed by atoms with van der Waals surface area (Å²) >= 11 is 2.21. The van der Waals surface area contributed by atoms with E-state index < -0.39 is 0 Å². The Morgan fingerprint density at radius 3 is 2.83 bits per heavy atom. The molecule has 0 saturated carbocycles. The van der Waals surface area contributed by atoms with Crippen LogP contribution in [-0.2, 0) is 9.53 Å². The highest BCUT2D eigenvalue weighted by molar-refractivity contribution is 14.1. The first-order chi connectivity index (χ1) is 5.61. The Hall–Kier alpha value is 0.160. The van der Waals surface area contributed by atoms with Gasteiger partial charge in [0.1, 0.15) is 4.11 Å². The third-order valence-electron chi connectivity index (χ3n) is 1.83. The first kappa shape index (κ1) is 10.2. The average Bonchev–Trinajstić information content (AvgIpc) is 2.03. The van der Waals surface area contributed by atoms with Gasteiger partial charge in [0.25, 0.3) is 0 Å². The molecule has 0 radical (unpaired) electrons. The van der Waals surface area contributed by atoms with E-state index in [0.29, 0.717) is 6.61 Å². The summed E-state index contributed by atoms with van der Waals surface area (Å²) in [5.74, 6) is 0.340. The summed E-state index contributed by atoms with van der Waals surface area (Å²) in [5, 5.41) is 0. The standard InChI is InChI=1S/C8H14INO2/c1-6(2)8(11)10-3-4-12-7(9)5-10/h6-7H,3-5H2,1-2H3/t7-/m0/s1.